The first kappa shape index (κ1) is 17.5. The average Bonchev–Trinajstić information content (AvgIpc) is 3.04. The number of amides is 2. The summed E-state index contributed by atoms with van der Waals surface area (Å²) in [5.74, 6) is -0.655. The van der Waals surface area contributed by atoms with E-state index in [1.54, 1.807) is 18.2 Å². The molecule has 3 rings (SSSR count). The lowest BCUT2D eigenvalue weighted by atomic mass is 10.2. The number of aryl methyl sites for hydroxylation is 1. The maximum Gasteiger partial charge on any atom is 0.293 e. The van der Waals surface area contributed by atoms with Gasteiger partial charge in [-0.05, 0) is 67.9 Å². The van der Waals surface area contributed by atoms with Gasteiger partial charge in [-0.1, -0.05) is 12.1 Å². The number of nitrogens with zero attached hydrogens (tertiary/aromatic N) is 2. The third kappa shape index (κ3) is 3.69. The Morgan fingerprint density at radius 3 is 2.48 bits per heavy atom. The van der Waals surface area contributed by atoms with Gasteiger partial charge >= 0.3 is 0 Å². The van der Waals surface area contributed by atoms with E-state index >= 15 is 0 Å². The minimum atomic E-state index is -0.345. The minimum absolute atomic E-state index is 0.147. The number of hydrogen-bond donors (Lipinski definition) is 0. The summed E-state index contributed by atoms with van der Waals surface area (Å²) >= 11 is 0.938. The highest BCUT2D eigenvalue weighted by atomic mass is 32.2. The molecule has 0 atom stereocenters. The normalized spacial score (nSPS) is 16.5. The summed E-state index contributed by atoms with van der Waals surface area (Å²) < 4.78 is 15.1. The van der Waals surface area contributed by atoms with Gasteiger partial charge in [0.2, 0.25) is 0 Å². The number of hydrogen-bond acceptors (Lipinski definition) is 3. The first-order valence-corrected chi connectivity index (χ1v) is 8.85. The summed E-state index contributed by atoms with van der Waals surface area (Å²) in [4.78, 5) is 26.3. The van der Waals surface area contributed by atoms with Crippen LogP contribution in [-0.2, 0) is 11.3 Å². The van der Waals surface area contributed by atoms with Crippen molar-refractivity contribution in [3.8, 4) is 0 Å². The number of thioether (sulfide) groups is 1. The van der Waals surface area contributed by atoms with Gasteiger partial charge in [-0.3, -0.25) is 14.5 Å². The van der Waals surface area contributed by atoms with E-state index in [-0.39, 0.29) is 23.5 Å². The van der Waals surface area contributed by atoms with Crippen molar-refractivity contribution >= 4 is 29.0 Å². The second kappa shape index (κ2) is 6.88. The van der Waals surface area contributed by atoms with Gasteiger partial charge in [-0.2, -0.15) is 0 Å². The Bertz CT molecular complexity index is 853. The highest BCUT2D eigenvalue weighted by molar-refractivity contribution is 8.18. The molecule has 0 bridgehead atoms. The SMILES string of the molecule is Cc1cc(/C=C2/SC(=O)N(Cc3ccc(F)cc3)C2=O)cn1C(C)C. The molecule has 1 aliphatic heterocycles. The Balaban J connectivity index is 1.80. The summed E-state index contributed by atoms with van der Waals surface area (Å²) in [6.45, 7) is 6.34. The summed E-state index contributed by atoms with van der Waals surface area (Å²) in [6, 6.07) is 8.12. The lowest BCUT2D eigenvalue weighted by Crippen LogP contribution is -2.27. The number of imide groups is 1. The van der Waals surface area contributed by atoms with Crippen molar-refractivity contribution in [3.05, 3.63) is 64.1 Å². The monoisotopic (exact) mass is 358 g/mol. The molecule has 0 unspecified atom stereocenters. The lowest BCUT2D eigenvalue weighted by molar-refractivity contribution is -0.123. The number of halogens is 1. The average molecular weight is 358 g/mol. The highest BCUT2D eigenvalue weighted by Crippen LogP contribution is 2.33. The molecule has 1 fully saturated rings. The molecule has 4 nitrogen and oxygen atoms in total. The molecule has 2 aromatic rings. The zero-order chi connectivity index (χ0) is 18.1. The van der Waals surface area contributed by atoms with Gasteiger partial charge in [0.15, 0.2) is 0 Å². The molecule has 130 valence electrons. The van der Waals surface area contributed by atoms with Crippen molar-refractivity contribution in [2.24, 2.45) is 0 Å². The number of carbonyl (C=O) groups excluding carboxylic acids is 2. The molecule has 0 aliphatic carbocycles. The fourth-order valence-corrected chi connectivity index (χ4v) is 3.65. The van der Waals surface area contributed by atoms with Crippen LogP contribution in [0.4, 0.5) is 9.18 Å². The van der Waals surface area contributed by atoms with Gasteiger partial charge in [0, 0.05) is 17.9 Å². The van der Waals surface area contributed by atoms with Crippen molar-refractivity contribution < 1.29 is 14.0 Å². The van der Waals surface area contributed by atoms with Gasteiger partial charge in [0.1, 0.15) is 5.82 Å². The van der Waals surface area contributed by atoms with E-state index < -0.39 is 0 Å². The predicted octanol–water partition coefficient (Wildman–Crippen LogP) is 4.75. The Morgan fingerprint density at radius 2 is 1.88 bits per heavy atom. The van der Waals surface area contributed by atoms with Crippen molar-refractivity contribution in [2.75, 3.05) is 0 Å². The van der Waals surface area contributed by atoms with Crippen LogP contribution in [0.3, 0.4) is 0 Å². The molecule has 2 amide bonds. The van der Waals surface area contributed by atoms with E-state index in [1.165, 1.54) is 17.0 Å². The first-order valence-electron chi connectivity index (χ1n) is 8.03. The predicted molar refractivity (Wildman–Crippen MR) is 97.5 cm³/mol. The Hall–Kier alpha value is -2.34. The summed E-state index contributed by atoms with van der Waals surface area (Å²) in [5.41, 5.74) is 2.72. The largest absolute Gasteiger partial charge is 0.349 e. The number of aromatic nitrogens is 1. The summed E-state index contributed by atoms with van der Waals surface area (Å²) in [5, 5.41) is -0.305. The molecule has 6 heteroatoms. The van der Waals surface area contributed by atoms with Crippen molar-refractivity contribution in [1.29, 1.82) is 0 Å². The fraction of sp³-hybridized carbons (Fsp3) is 0.263. The summed E-state index contributed by atoms with van der Waals surface area (Å²) in [6.07, 6.45) is 3.73. The van der Waals surface area contributed by atoms with Gasteiger partial charge in [-0.25, -0.2) is 4.39 Å². The molecule has 1 saturated heterocycles. The molecule has 0 N–H and O–H groups in total. The van der Waals surface area contributed by atoms with Crippen LogP contribution < -0.4 is 0 Å². The van der Waals surface area contributed by atoms with Gasteiger partial charge < -0.3 is 4.57 Å². The van der Waals surface area contributed by atoms with Crippen LogP contribution in [0.5, 0.6) is 0 Å². The standard InChI is InChI=1S/C19H19FN2O2S/c1-12(2)21-11-15(8-13(21)3)9-17-18(23)22(19(24)25-17)10-14-4-6-16(20)7-5-14/h4-9,11-12H,10H2,1-3H3/b17-9+. The Morgan fingerprint density at radius 1 is 1.20 bits per heavy atom. The molecular weight excluding hydrogens is 339 g/mol. The van der Waals surface area contributed by atoms with Crippen LogP contribution in [0.2, 0.25) is 0 Å². The lowest BCUT2D eigenvalue weighted by Gasteiger charge is -2.12. The van der Waals surface area contributed by atoms with Crippen molar-refractivity contribution in [2.45, 2.75) is 33.4 Å². The van der Waals surface area contributed by atoms with Crippen LogP contribution in [-0.4, -0.2) is 20.6 Å². The molecule has 1 aliphatic rings. The quantitative estimate of drug-likeness (QED) is 0.741. The van der Waals surface area contributed by atoms with E-state index in [0.717, 1.165) is 23.0 Å². The van der Waals surface area contributed by atoms with Crippen LogP contribution >= 0.6 is 11.8 Å². The maximum absolute atomic E-state index is 13.0. The van der Waals surface area contributed by atoms with Crippen molar-refractivity contribution in [1.82, 2.24) is 9.47 Å². The number of carbonyl (C=O) groups is 2. The van der Waals surface area contributed by atoms with Crippen molar-refractivity contribution in [3.63, 3.8) is 0 Å². The third-order valence-electron chi connectivity index (χ3n) is 4.05. The molecular formula is C19H19FN2O2S. The molecule has 0 saturated carbocycles. The van der Waals surface area contributed by atoms with Gasteiger partial charge in [-0.15, -0.1) is 0 Å². The second-order valence-electron chi connectivity index (χ2n) is 6.31. The molecule has 2 heterocycles. The number of benzene rings is 1. The Kier molecular flexibility index (Phi) is 4.81. The van der Waals surface area contributed by atoms with E-state index in [4.69, 9.17) is 0 Å². The van der Waals surface area contributed by atoms with E-state index in [1.807, 2.05) is 19.2 Å². The summed E-state index contributed by atoms with van der Waals surface area (Å²) in [7, 11) is 0. The highest BCUT2D eigenvalue weighted by Gasteiger charge is 2.35. The fourth-order valence-electron chi connectivity index (χ4n) is 2.81. The van der Waals surface area contributed by atoms with Crippen LogP contribution in [0.25, 0.3) is 6.08 Å². The van der Waals surface area contributed by atoms with Gasteiger partial charge in [0.25, 0.3) is 11.1 Å². The topological polar surface area (TPSA) is 42.3 Å². The molecule has 25 heavy (non-hydrogen) atoms. The smallest absolute Gasteiger partial charge is 0.293 e. The zero-order valence-corrected chi connectivity index (χ0v) is 15.1. The molecule has 1 aromatic heterocycles. The van der Waals surface area contributed by atoms with E-state index in [9.17, 15) is 14.0 Å². The van der Waals surface area contributed by atoms with Crippen LogP contribution in [0.1, 0.15) is 36.7 Å². The molecule has 0 spiro atoms. The van der Waals surface area contributed by atoms with Crippen LogP contribution in [0, 0.1) is 12.7 Å². The first-order chi connectivity index (χ1) is 11.8. The zero-order valence-electron chi connectivity index (χ0n) is 14.3. The van der Waals surface area contributed by atoms with E-state index in [0.29, 0.717) is 16.5 Å². The number of rotatable bonds is 4. The Labute approximate surface area is 150 Å². The van der Waals surface area contributed by atoms with Crippen LogP contribution in [0.15, 0.2) is 41.4 Å². The third-order valence-corrected chi connectivity index (χ3v) is 4.96. The molecule has 1 aromatic carbocycles. The second-order valence-corrected chi connectivity index (χ2v) is 7.30. The van der Waals surface area contributed by atoms with Gasteiger partial charge in [0.05, 0.1) is 11.4 Å². The minimum Gasteiger partial charge on any atom is -0.349 e. The maximum atomic E-state index is 13.0. The molecule has 0 radical (unpaired) electrons. The van der Waals surface area contributed by atoms with E-state index in [2.05, 4.69) is 18.4 Å².